The van der Waals surface area contributed by atoms with E-state index in [-0.39, 0.29) is 36.0 Å². The summed E-state index contributed by atoms with van der Waals surface area (Å²) in [6.07, 6.45) is 0.490. The van der Waals surface area contributed by atoms with Gasteiger partial charge in [-0.2, -0.15) is 0 Å². The van der Waals surface area contributed by atoms with Crippen LogP contribution in [0.15, 0.2) is 54.3 Å². The van der Waals surface area contributed by atoms with Crippen molar-refractivity contribution in [3.63, 3.8) is 0 Å². The molecule has 0 radical (unpaired) electrons. The Bertz CT molecular complexity index is 857. The number of fused-ring (bicyclic) bond motifs is 1. The van der Waals surface area contributed by atoms with Crippen molar-refractivity contribution in [2.24, 2.45) is 0 Å². The van der Waals surface area contributed by atoms with E-state index >= 15 is 0 Å². The standard InChI is InChI=1S/C19H16FNO3/c1-12-6-7-13(8-16(12)20)10-21-17-5-3-2-4-15(17)19(24)14(11-22)9-18(21)23/h2-8,11,22H,9-10H2,1H3/b14-11-. The molecular weight excluding hydrogens is 309 g/mol. The van der Waals surface area contributed by atoms with Gasteiger partial charge in [0.05, 0.1) is 24.9 Å². The summed E-state index contributed by atoms with van der Waals surface area (Å²) in [5, 5.41) is 9.27. The van der Waals surface area contributed by atoms with Crippen molar-refractivity contribution in [1.82, 2.24) is 0 Å². The fraction of sp³-hybridized carbons (Fsp3) is 0.158. The van der Waals surface area contributed by atoms with Crippen LogP contribution in [-0.2, 0) is 11.3 Å². The Hall–Kier alpha value is -2.95. The Kier molecular flexibility index (Phi) is 4.16. The number of anilines is 1. The molecular formula is C19H16FNO3. The molecule has 1 heterocycles. The van der Waals surface area contributed by atoms with Crippen molar-refractivity contribution >= 4 is 17.4 Å². The van der Waals surface area contributed by atoms with Crippen LogP contribution in [0.3, 0.4) is 0 Å². The van der Waals surface area contributed by atoms with E-state index in [9.17, 15) is 19.1 Å². The maximum absolute atomic E-state index is 13.8. The molecule has 1 aliphatic rings. The lowest BCUT2D eigenvalue weighted by molar-refractivity contribution is -0.118. The molecule has 122 valence electrons. The first-order chi connectivity index (χ1) is 11.5. The van der Waals surface area contributed by atoms with Gasteiger partial charge in [0, 0.05) is 11.1 Å². The van der Waals surface area contributed by atoms with E-state index in [1.54, 1.807) is 43.3 Å². The van der Waals surface area contributed by atoms with Crippen LogP contribution in [0.5, 0.6) is 0 Å². The van der Waals surface area contributed by atoms with Crippen LogP contribution in [-0.4, -0.2) is 16.8 Å². The van der Waals surface area contributed by atoms with Gasteiger partial charge in [0.2, 0.25) is 5.91 Å². The van der Waals surface area contributed by atoms with E-state index in [1.807, 2.05) is 0 Å². The number of hydrogen-bond acceptors (Lipinski definition) is 3. The summed E-state index contributed by atoms with van der Waals surface area (Å²) in [6.45, 7) is 1.82. The van der Waals surface area contributed by atoms with Gasteiger partial charge in [0.25, 0.3) is 0 Å². The van der Waals surface area contributed by atoms with Crippen molar-refractivity contribution in [1.29, 1.82) is 0 Å². The van der Waals surface area contributed by atoms with Crippen molar-refractivity contribution < 1.29 is 19.1 Å². The van der Waals surface area contributed by atoms with Crippen LogP contribution in [0.4, 0.5) is 10.1 Å². The lowest BCUT2D eigenvalue weighted by Crippen LogP contribution is -2.29. The predicted molar refractivity (Wildman–Crippen MR) is 88.4 cm³/mol. The van der Waals surface area contributed by atoms with Crippen LogP contribution in [0, 0.1) is 12.7 Å². The zero-order valence-corrected chi connectivity index (χ0v) is 13.1. The number of carbonyl (C=O) groups is 2. The highest BCUT2D eigenvalue weighted by Crippen LogP contribution is 2.30. The Morgan fingerprint density at radius 1 is 1.21 bits per heavy atom. The number of Topliss-reactive ketones (excluding diaryl/α,β-unsaturated/α-hetero) is 1. The Morgan fingerprint density at radius 3 is 2.67 bits per heavy atom. The molecule has 0 aromatic heterocycles. The average molecular weight is 325 g/mol. The zero-order chi connectivity index (χ0) is 17.3. The molecule has 5 heteroatoms. The number of halogens is 1. The van der Waals surface area contributed by atoms with Crippen molar-refractivity contribution in [2.45, 2.75) is 19.9 Å². The molecule has 3 rings (SSSR count). The minimum Gasteiger partial charge on any atom is -0.515 e. The van der Waals surface area contributed by atoms with E-state index < -0.39 is 0 Å². The van der Waals surface area contributed by atoms with Crippen LogP contribution in [0.25, 0.3) is 0 Å². The third-order valence-electron chi connectivity index (χ3n) is 4.11. The van der Waals surface area contributed by atoms with Gasteiger partial charge < -0.3 is 10.0 Å². The fourth-order valence-corrected chi connectivity index (χ4v) is 2.74. The Balaban J connectivity index is 2.06. The Morgan fingerprint density at radius 2 is 1.96 bits per heavy atom. The number of benzene rings is 2. The molecule has 2 aromatic carbocycles. The van der Waals surface area contributed by atoms with Crippen molar-refractivity contribution in [3.05, 3.63) is 76.8 Å². The van der Waals surface area contributed by atoms with Gasteiger partial charge in [-0.15, -0.1) is 0 Å². The van der Waals surface area contributed by atoms with E-state index in [0.717, 1.165) is 0 Å². The normalized spacial score (nSPS) is 16.2. The summed E-state index contributed by atoms with van der Waals surface area (Å²) >= 11 is 0. The molecule has 1 N–H and O–H groups in total. The molecule has 0 aliphatic carbocycles. The van der Waals surface area contributed by atoms with Gasteiger partial charge in [-0.1, -0.05) is 24.3 Å². The fourth-order valence-electron chi connectivity index (χ4n) is 2.74. The average Bonchev–Trinajstić information content (AvgIpc) is 2.68. The van der Waals surface area contributed by atoms with Crippen LogP contribution >= 0.6 is 0 Å². The van der Waals surface area contributed by atoms with Crippen LogP contribution in [0.1, 0.15) is 27.9 Å². The molecule has 4 nitrogen and oxygen atoms in total. The number of amides is 1. The summed E-state index contributed by atoms with van der Waals surface area (Å²) in [4.78, 5) is 26.5. The number of ketones is 1. The molecule has 0 unspecified atom stereocenters. The number of aliphatic hydroxyl groups excluding tert-OH is 1. The van der Waals surface area contributed by atoms with Gasteiger partial charge in [-0.25, -0.2) is 4.39 Å². The lowest BCUT2D eigenvalue weighted by Gasteiger charge is -2.22. The molecule has 0 spiro atoms. The minimum absolute atomic E-state index is 0.0463. The molecule has 0 saturated carbocycles. The number of para-hydroxylation sites is 1. The third kappa shape index (κ3) is 2.80. The van der Waals surface area contributed by atoms with E-state index in [0.29, 0.717) is 28.6 Å². The monoisotopic (exact) mass is 325 g/mol. The van der Waals surface area contributed by atoms with Crippen molar-refractivity contribution in [3.8, 4) is 0 Å². The largest absolute Gasteiger partial charge is 0.515 e. The number of hydrogen-bond donors (Lipinski definition) is 1. The van der Waals surface area contributed by atoms with Gasteiger partial charge in [0.15, 0.2) is 5.78 Å². The Labute approximate surface area is 138 Å². The van der Waals surface area contributed by atoms with Crippen LogP contribution in [0.2, 0.25) is 0 Å². The molecule has 1 amide bonds. The molecule has 2 aromatic rings. The number of carbonyl (C=O) groups excluding carboxylic acids is 2. The SMILES string of the molecule is Cc1ccc(CN2C(=O)C/C(=C/O)C(=O)c3ccccc32)cc1F. The smallest absolute Gasteiger partial charge is 0.232 e. The number of aryl methyl sites for hydroxylation is 1. The molecule has 1 aliphatic heterocycles. The van der Waals surface area contributed by atoms with Gasteiger partial charge >= 0.3 is 0 Å². The summed E-state index contributed by atoms with van der Waals surface area (Å²) in [6, 6.07) is 11.5. The zero-order valence-electron chi connectivity index (χ0n) is 13.1. The number of nitrogens with zero attached hydrogens (tertiary/aromatic N) is 1. The first-order valence-corrected chi connectivity index (χ1v) is 7.53. The third-order valence-corrected chi connectivity index (χ3v) is 4.11. The quantitative estimate of drug-likeness (QED) is 0.676. The van der Waals surface area contributed by atoms with Crippen LogP contribution < -0.4 is 4.90 Å². The maximum atomic E-state index is 13.8. The second-order valence-electron chi connectivity index (χ2n) is 5.74. The van der Waals surface area contributed by atoms with Crippen molar-refractivity contribution in [2.75, 3.05) is 4.90 Å². The van der Waals surface area contributed by atoms with Gasteiger partial charge in [0.1, 0.15) is 5.82 Å². The van der Waals surface area contributed by atoms with E-state index in [1.165, 1.54) is 11.0 Å². The number of aliphatic hydroxyl groups is 1. The molecule has 0 atom stereocenters. The predicted octanol–water partition coefficient (Wildman–Crippen LogP) is 3.70. The van der Waals surface area contributed by atoms with Gasteiger partial charge in [-0.05, 0) is 36.2 Å². The summed E-state index contributed by atoms with van der Waals surface area (Å²) in [5.74, 6) is -1.04. The first kappa shape index (κ1) is 15.9. The summed E-state index contributed by atoms with van der Waals surface area (Å²) in [7, 11) is 0. The first-order valence-electron chi connectivity index (χ1n) is 7.53. The highest BCUT2D eigenvalue weighted by atomic mass is 19.1. The lowest BCUT2D eigenvalue weighted by atomic mass is 10.0. The molecule has 24 heavy (non-hydrogen) atoms. The van der Waals surface area contributed by atoms with Gasteiger partial charge in [-0.3, -0.25) is 9.59 Å². The second-order valence-corrected chi connectivity index (χ2v) is 5.74. The highest BCUT2D eigenvalue weighted by molar-refractivity contribution is 6.19. The van der Waals surface area contributed by atoms with E-state index in [4.69, 9.17) is 0 Å². The summed E-state index contributed by atoms with van der Waals surface area (Å²) in [5.41, 5.74) is 2.01. The second kappa shape index (κ2) is 6.28. The highest BCUT2D eigenvalue weighted by Gasteiger charge is 2.30. The molecule has 0 bridgehead atoms. The maximum Gasteiger partial charge on any atom is 0.232 e. The topological polar surface area (TPSA) is 57.6 Å². The van der Waals surface area contributed by atoms with E-state index in [2.05, 4.69) is 0 Å². The molecule has 0 fully saturated rings. The summed E-state index contributed by atoms with van der Waals surface area (Å²) < 4.78 is 13.8. The minimum atomic E-state index is -0.376. The number of rotatable bonds is 2. The molecule has 0 saturated heterocycles.